The molecule has 1 atom stereocenters. The number of benzene rings is 3. The molecule has 1 heterocycles. The Morgan fingerprint density at radius 2 is 1.57 bits per heavy atom. The molecule has 1 fully saturated rings. The van der Waals surface area contributed by atoms with E-state index in [9.17, 15) is 14.7 Å². The topological polar surface area (TPSA) is 94.1 Å². The molecule has 3 aliphatic rings. The van der Waals surface area contributed by atoms with Gasteiger partial charge in [-0.05, 0) is 52.8 Å². The first-order valence-corrected chi connectivity index (χ1v) is 12.9. The Bertz CT molecular complexity index is 1300. The third-order valence-electron chi connectivity index (χ3n) is 7.59. The lowest BCUT2D eigenvalue weighted by molar-refractivity contribution is -0.139. The summed E-state index contributed by atoms with van der Waals surface area (Å²) in [5, 5.41) is 12.3. The van der Waals surface area contributed by atoms with Crippen molar-refractivity contribution in [2.24, 2.45) is 0 Å². The van der Waals surface area contributed by atoms with Gasteiger partial charge in [0.15, 0.2) is 11.5 Å². The molecule has 1 saturated carbocycles. The maximum Gasteiger partial charge on any atom is 0.407 e. The first kappa shape index (κ1) is 23.4. The van der Waals surface area contributed by atoms with Crippen LogP contribution in [0.4, 0.5) is 4.79 Å². The average Bonchev–Trinajstić information content (AvgIpc) is 3.42. The normalized spacial score (nSPS) is 17.6. The van der Waals surface area contributed by atoms with Crippen LogP contribution in [-0.2, 0) is 16.0 Å². The number of alkyl carbamates (subject to hydrolysis) is 1. The maximum atomic E-state index is 12.7. The Labute approximate surface area is 215 Å². The number of ether oxygens (including phenoxy) is 3. The van der Waals surface area contributed by atoms with Crippen molar-refractivity contribution in [1.82, 2.24) is 5.32 Å². The number of hydrogen-bond donors (Lipinski definition) is 2. The second-order valence-electron chi connectivity index (χ2n) is 10.0. The number of nitrogens with one attached hydrogen (secondary N) is 1. The van der Waals surface area contributed by atoms with Gasteiger partial charge in [0.05, 0.1) is 0 Å². The number of aliphatic carboxylic acids is 1. The van der Waals surface area contributed by atoms with Crippen molar-refractivity contribution in [2.45, 2.75) is 56.3 Å². The summed E-state index contributed by atoms with van der Waals surface area (Å²) in [7, 11) is 0. The summed E-state index contributed by atoms with van der Waals surface area (Å²) in [6, 6.07) is 20.5. The van der Waals surface area contributed by atoms with Gasteiger partial charge in [0.2, 0.25) is 0 Å². The Morgan fingerprint density at radius 3 is 2.24 bits per heavy atom. The van der Waals surface area contributed by atoms with E-state index < -0.39 is 23.9 Å². The zero-order valence-electron chi connectivity index (χ0n) is 20.4. The molecule has 0 bridgehead atoms. The van der Waals surface area contributed by atoms with E-state index in [-0.39, 0.29) is 18.9 Å². The fourth-order valence-electron chi connectivity index (χ4n) is 5.78. The molecule has 3 aromatic rings. The second-order valence-corrected chi connectivity index (χ2v) is 10.0. The molecule has 1 aliphatic heterocycles. The summed E-state index contributed by atoms with van der Waals surface area (Å²) in [4.78, 5) is 24.7. The SMILES string of the molecule is O=C(N[C@@H](Cc1ccc2c(c1)OC1(CCCCC1)O2)C(=O)O)OCC1c2ccccc2-c2ccccc21. The molecule has 7 heteroatoms. The monoisotopic (exact) mass is 499 g/mol. The van der Waals surface area contributed by atoms with Crippen molar-refractivity contribution in [3.8, 4) is 22.6 Å². The maximum absolute atomic E-state index is 12.7. The summed E-state index contributed by atoms with van der Waals surface area (Å²) in [6.07, 6.45) is 4.34. The highest BCUT2D eigenvalue weighted by Crippen LogP contribution is 2.46. The third kappa shape index (κ3) is 4.50. The molecule has 1 amide bonds. The van der Waals surface area contributed by atoms with Gasteiger partial charge in [0, 0.05) is 25.2 Å². The molecule has 1 spiro atoms. The van der Waals surface area contributed by atoms with Crippen LogP contribution in [-0.4, -0.2) is 35.6 Å². The molecular weight excluding hydrogens is 470 g/mol. The second kappa shape index (κ2) is 9.47. The zero-order valence-corrected chi connectivity index (χ0v) is 20.4. The number of carbonyl (C=O) groups excluding carboxylic acids is 1. The summed E-state index contributed by atoms with van der Waals surface area (Å²) in [5.41, 5.74) is 5.20. The van der Waals surface area contributed by atoms with Crippen LogP contribution in [0, 0.1) is 0 Å². The molecule has 0 saturated heterocycles. The summed E-state index contributed by atoms with van der Waals surface area (Å²) >= 11 is 0. The molecule has 190 valence electrons. The van der Waals surface area contributed by atoms with E-state index in [4.69, 9.17) is 14.2 Å². The Kier molecular flexibility index (Phi) is 5.99. The molecular formula is C30H29NO6. The van der Waals surface area contributed by atoms with Crippen LogP contribution in [0.25, 0.3) is 11.1 Å². The van der Waals surface area contributed by atoms with Gasteiger partial charge in [-0.3, -0.25) is 0 Å². The number of carboxylic acids is 1. The third-order valence-corrected chi connectivity index (χ3v) is 7.59. The lowest BCUT2D eigenvalue weighted by atomic mass is 9.94. The van der Waals surface area contributed by atoms with Crippen LogP contribution in [0.15, 0.2) is 66.7 Å². The fourth-order valence-corrected chi connectivity index (χ4v) is 5.78. The number of hydrogen-bond acceptors (Lipinski definition) is 5. The van der Waals surface area contributed by atoms with Gasteiger partial charge < -0.3 is 24.6 Å². The molecule has 0 unspecified atom stereocenters. The van der Waals surface area contributed by atoms with Crippen LogP contribution in [0.3, 0.4) is 0 Å². The van der Waals surface area contributed by atoms with Gasteiger partial charge in [0.25, 0.3) is 5.79 Å². The van der Waals surface area contributed by atoms with Crippen LogP contribution in [0.5, 0.6) is 11.5 Å². The highest BCUT2D eigenvalue weighted by Gasteiger charge is 2.42. The molecule has 2 N–H and O–H groups in total. The highest BCUT2D eigenvalue weighted by atomic mass is 16.7. The van der Waals surface area contributed by atoms with E-state index in [1.165, 1.54) is 6.42 Å². The van der Waals surface area contributed by atoms with Crippen molar-refractivity contribution in [3.63, 3.8) is 0 Å². The predicted octanol–water partition coefficient (Wildman–Crippen LogP) is 5.65. The zero-order chi connectivity index (χ0) is 25.4. The fraction of sp³-hybridized carbons (Fsp3) is 0.333. The quantitative estimate of drug-likeness (QED) is 0.455. The number of fused-ring (bicyclic) bond motifs is 4. The molecule has 3 aromatic carbocycles. The summed E-state index contributed by atoms with van der Waals surface area (Å²) in [6.45, 7) is 0.123. The van der Waals surface area contributed by atoms with Crippen LogP contribution >= 0.6 is 0 Å². The minimum absolute atomic E-state index is 0.0950. The number of amides is 1. The van der Waals surface area contributed by atoms with Crippen LogP contribution in [0.1, 0.15) is 54.7 Å². The first-order chi connectivity index (χ1) is 18.0. The smallest absolute Gasteiger partial charge is 0.407 e. The minimum atomic E-state index is -1.14. The van der Waals surface area contributed by atoms with Crippen molar-refractivity contribution in [2.75, 3.05) is 6.61 Å². The van der Waals surface area contributed by atoms with Crippen LogP contribution < -0.4 is 14.8 Å². The molecule has 0 radical (unpaired) electrons. The van der Waals surface area contributed by atoms with Gasteiger partial charge >= 0.3 is 12.1 Å². The van der Waals surface area contributed by atoms with Crippen LogP contribution in [0.2, 0.25) is 0 Å². The molecule has 2 aliphatic carbocycles. The van der Waals surface area contributed by atoms with Crippen molar-refractivity contribution < 1.29 is 28.9 Å². The summed E-state index contributed by atoms with van der Waals surface area (Å²) < 4.78 is 17.8. The Hall–Kier alpha value is -4.00. The first-order valence-electron chi connectivity index (χ1n) is 12.9. The van der Waals surface area contributed by atoms with E-state index in [2.05, 4.69) is 17.4 Å². The molecule has 6 rings (SSSR count). The van der Waals surface area contributed by atoms with Gasteiger partial charge in [-0.15, -0.1) is 0 Å². The van der Waals surface area contributed by atoms with E-state index >= 15 is 0 Å². The van der Waals surface area contributed by atoms with Gasteiger partial charge in [-0.1, -0.05) is 61.0 Å². The van der Waals surface area contributed by atoms with E-state index in [0.29, 0.717) is 11.5 Å². The minimum Gasteiger partial charge on any atom is -0.480 e. The summed E-state index contributed by atoms with van der Waals surface area (Å²) in [5.74, 6) is -0.505. The Morgan fingerprint density at radius 1 is 0.919 bits per heavy atom. The van der Waals surface area contributed by atoms with Gasteiger partial charge in [-0.2, -0.15) is 0 Å². The van der Waals surface area contributed by atoms with E-state index in [1.54, 1.807) is 0 Å². The van der Waals surface area contributed by atoms with E-state index in [1.807, 2.05) is 54.6 Å². The lowest BCUT2D eigenvalue weighted by Gasteiger charge is -2.31. The standard InChI is InChI=1S/C30H29NO6/c32-28(33)25(16-19-12-13-26-27(17-19)37-30(36-26)14-6-1-7-15-30)31-29(34)35-18-24-22-10-4-2-8-20(22)21-9-3-5-11-23(21)24/h2-5,8-13,17,24-25H,1,6-7,14-16,18H2,(H,31,34)(H,32,33)/t25-/m0/s1. The van der Waals surface area contributed by atoms with Crippen molar-refractivity contribution >= 4 is 12.1 Å². The lowest BCUT2D eigenvalue weighted by Crippen LogP contribution is -2.42. The molecule has 0 aromatic heterocycles. The van der Waals surface area contributed by atoms with Gasteiger partial charge in [0.1, 0.15) is 12.6 Å². The largest absolute Gasteiger partial charge is 0.480 e. The number of carbonyl (C=O) groups is 2. The highest BCUT2D eigenvalue weighted by molar-refractivity contribution is 5.81. The average molecular weight is 500 g/mol. The predicted molar refractivity (Wildman–Crippen MR) is 137 cm³/mol. The molecule has 7 nitrogen and oxygen atoms in total. The van der Waals surface area contributed by atoms with E-state index in [0.717, 1.165) is 53.5 Å². The van der Waals surface area contributed by atoms with Crippen molar-refractivity contribution in [3.05, 3.63) is 83.4 Å². The Balaban J connectivity index is 1.10. The van der Waals surface area contributed by atoms with Crippen molar-refractivity contribution in [1.29, 1.82) is 0 Å². The number of carboxylic acid groups (broad SMARTS) is 1. The molecule has 37 heavy (non-hydrogen) atoms. The van der Waals surface area contributed by atoms with Gasteiger partial charge in [-0.25, -0.2) is 9.59 Å². The number of rotatable bonds is 6.